The Kier molecular flexibility index (Phi) is 10.8. The van der Waals surface area contributed by atoms with Crippen molar-refractivity contribution in [1.82, 2.24) is 15.3 Å². The highest BCUT2D eigenvalue weighted by molar-refractivity contribution is 6.36. The lowest BCUT2D eigenvalue weighted by molar-refractivity contribution is -0.153. The number of carbonyl (C=O) groups is 2. The van der Waals surface area contributed by atoms with Gasteiger partial charge in [0.2, 0.25) is 17.6 Å². The van der Waals surface area contributed by atoms with E-state index in [-0.39, 0.29) is 12.0 Å². The molecule has 288 valence electrons. The Hall–Kier alpha value is -4.18. The first-order valence-electron chi connectivity index (χ1n) is 19.5. The van der Waals surface area contributed by atoms with Crippen LogP contribution in [0.5, 0.6) is 17.6 Å². The van der Waals surface area contributed by atoms with Crippen LogP contribution in [-0.4, -0.2) is 47.6 Å². The number of ketones is 1. The van der Waals surface area contributed by atoms with Gasteiger partial charge >= 0.3 is 5.97 Å². The van der Waals surface area contributed by atoms with Crippen LogP contribution in [0.3, 0.4) is 0 Å². The van der Waals surface area contributed by atoms with Crippen LogP contribution >= 0.6 is 23.2 Å². The summed E-state index contributed by atoms with van der Waals surface area (Å²) >= 11 is 14.0. The molecule has 11 heteroatoms. The van der Waals surface area contributed by atoms with Crippen LogP contribution in [0.4, 0.5) is 0 Å². The van der Waals surface area contributed by atoms with Crippen LogP contribution in [0.1, 0.15) is 86.1 Å². The molecular formula is C44H47Cl2N3O6. The average molecular weight is 785 g/mol. The fraction of sp³-hybridized carbons (Fsp3) is 0.455. The molecule has 2 bridgehead atoms. The first kappa shape index (κ1) is 37.7. The van der Waals surface area contributed by atoms with Gasteiger partial charge in [-0.05, 0) is 104 Å². The van der Waals surface area contributed by atoms with E-state index in [4.69, 9.17) is 47.4 Å². The van der Waals surface area contributed by atoms with Crippen LogP contribution in [0.15, 0.2) is 54.6 Å². The summed E-state index contributed by atoms with van der Waals surface area (Å²) in [5, 5.41) is 14.7. The Morgan fingerprint density at radius 2 is 1.69 bits per heavy atom. The molecule has 0 saturated heterocycles. The quantitative estimate of drug-likeness (QED) is 0.129. The van der Waals surface area contributed by atoms with Gasteiger partial charge < -0.3 is 24.6 Å². The van der Waals surface area contributed by atoms with Crippen LogP contribution in [0.25, 0.3) is 22.4 Å². The Labute approximate surface area is 332 Å². The number of nitrogens with one attached hydrogen (secondary N) is 1. The molecule has 4 aliphatic carbocycles. The topological polar surface area (TPSA) is 120 Å². The number of carboxylic acid groups (broad SMARTS) is 1. The zero-order chi connectivity index (χ0) is 38.3. The maximum Gasteiger partial charge on any atom is 0.309 e. The zero-order valence-corrected chi connectivity index (χ0v) is 32.8. The number of aliphatic carboxylic acids is 1. The summed E-state index contributed by atoms with van der Waals surface area (Å²) in [7, 11) is 3.20. The molecule has 0 radical (unpaired) electrons. The number of halogens is 2. The maximum atomic E-state index is 12.5. The first-order chi connectivity index (χ1) is 26.7. The molecule has 2 aromatic heterocycles. The van der Waals surface area contributed by atoms with E-state index in [9.17, 15) is 14.7 Å². The Morgan fingerprint density at radius 3 is 2.42 bits per heavy atom. The van der Waals surface area contributed by atoms with Gasteiger partial charge in [0.05, 0.1) is 30.4 Å². The molecule has 0 amide bonds. The van der Waals surface area contributed by atoms with E-state index in [0.717, 1.165) is 90.4 Å². The number of ether oxygens (including phenoxy) is 3. The van der Waals surface area contributed by atoms with E-state index < -0.39 is 11.4 Å². The zero-order valence-electron chi connectivity index (χ0n) is 31.3. The molecule has 2 aromatic carbocycles. The number of fused-ring (bicyclic) bond motifs is 3. The van der Waals surface area contributed by atoms with Crippen molar-refractivity contribution in [1.29, 1.82) is 0 Å². The van der Waals surface area contributed by atoms with Gasteiger partial charge in [-0.3, -0.25) is 9.59 Å². The third-order valence-electron chi connectivity index (χ3n) is 12.7. The number of nitrogens with zero attached hydrogens (tertiary/aromatic N) is 2. The number of hydrogen-bond donors (Lipinski definition) is 2. The molecule has 0 spiro atoms. The highest BCUT2D eigenvalue weighted by atomic mass is 35.5. The number of carboxylic acids is 1. The standard InChI is InChI=1S/C44H47Cl2N3O6/c1-53-40-27(17-18-44(43(51)52)22-25-9-12-29(44)19-25)21-36(45)42(49-40)55-38-16-14-32-31(5-3-6-33(32)38)34-7-4-8-35(39(34)46)37-15-11-28(41(48-37)54-2)24-47-23-26-10-13-30(50)20-26/h3-8,11,15,21,25-26,29,38,47H,9-10,12-14,16-20,22-24H2,1-2H3,(H,51,52)/t25?,26-,29?,38+,44?/m1/s1. The van der Waals surface area contributed by atoms with Crippen LogP contribution in [-0.2, 0) is 29.0 Å². The minimum absolute atomic E-state index is 0.234. The van der Waals surface area contributed by atoms with Crippen LogP contribution < -0.4 is 19.5 Å². The molecule has 3 saturated carbocycles. The van der Waals surface area contributed by atoms with Gasteiger partial charge in [0.25, 0.3) is 0 Å². The van der Waals surface area contributed by atoms with Gasteiger partial charge in [-0.1, -0.05) is 72.1 Å². The van der Waals surface area contributed by atoms with Crippen molar-refractivity contribution < 1.29 is 28.9 Å². The summed E-state index contributed by atoms with van der Waals surface area (Å²) in [5.74, 6) is 2.05. The maximum absolute atomic E-state index is 12.5. The Morgan fingerprint density at radius 1 is 0.909 bits per heavy atom. The number of aromatic nitrogens is 2. The highest BCUT2D eigenvalue weighted by Crippen LogP contribution is 2.58. The monoisotopic (exact) mass is 783 g/mol. The summed E-state index contributed by atoms with van der Waals surface area (Å²) in [6, 6.07) is 18.0. The fourth-order valence-corrected chi connectivity index (χ4v) is 10.4. The van der Waals surface area contributed by atoms with Crippen LogP contribution in [0, 0.1) is 23.2 Å². The molecule has 55 heavy (non-hydrogen) atoms. The predicted molar refractivity (Wildman–Crippen MR) is 212 cm³/mol. The van der Waals surface area contributed by atoms with Gasteiger partial charge in [0.1, 0.15) is 16.9 Å². The normalized spacial score (nSPS) is 24.0. The third kappa shape index (κ3) is 7.31. The number of rotatable bonds is 14. The fourth-order valence-electron chi connectivity index (χ4n) is 9.88. The molecule has 9 nitrogen and oxygen atoms in total. The Bertz CT molecular complexity index is 2130. The summed E-state index contributed by atoms with van der Waals surface area (Å²) < 4.78 is 17.9. The summed E-state index contributed by atoms with van der Waals surface area (Å²) in [4.78, 5) is 33.7. The largest absolute Gasteiger partial charge is 0.481 e. The average Bonchev–Trinajstić information content (AvgIpc) is 4.00. The lowest BCUT2D eigenvalue weighted by atomic mass is 9.70. The summed E-state index contributed by atoms with van der Waals surface area (Å²) in [6.45, 7) is 1.39. The minimum atomic E-state index is -0.687. The molecule has 5 atom stereocenters. The van der Waals surface area contributed by atoms with Gasteiger partial charge in [-0.2, -0.15) is 4.98 Å². The lowest BCUT2D eigenvalue weighted by Gasteiger charge is -2.33. The number of methoxy groups -OCH3 is 2. The van der Waals surface area contributed by atoms with E-state index in [1.165, 1.54) is 0 Å². The number of hydrogen-bond acceptors (Lipinski definition) is 8. The molecule has 2 N–H and O–H groups in total. The second-order valence-corrected chi connectivity index (χ2v) is 16.6. The van der Waals surface area contributed by atoms with Gasteiger partial charge in [-0.15, -0.1) is 0 Å². The predicted octanol–water partition coefficient (Wildman–Crippen LogP) is 9.48. The van der Waals surface area contributed by atoms with Crippen molar-refractivity contribution >= 4 is 35.0 Å². The van der Waals surface area contributed by atoms with Crippen molar-refractivity contribution in [3.05, 3.63) is 86.9 Å². The molecule has 4 aliphatic rings. The van der Waals surface area contributed by atoms with E-state index in [2.05, 4.69) is 17.4 Å². The number of benzene rings is 2. The van der Waals surface area contributed by atoms with Crippen molar-refractivity contribution in [2.45, 2.75) is 83.3 Å². The van der Waals surface area contributed by atoms with E-state index >= 15 is 0 Å². The first-order valence-corrected chi connectivity index (χ1v) is 20.2. The molecular weight excluding hydrogens is 737 g/mol. The summed E-state index contributed by atoms with van der Waals surface area (Å²) in [6.07, 6.45) is 8.49. The highest BCUT2D eigenvalue weighted by Gasteiger charge is 2.55. The van der Waals surface area contributed by atoms with Crippen molar-refractivity contribution in [3.63, 3.8) is 0 Å². The van der Waals surface area contributed by atoms with Gasteiger partial charge in [0, 0.05) is 41.6 Å². The molecule has 8 rings (SSSR count). The second kappa shape index (κ2) is 15.8. The molecule has 4 aromatic rings. The van der Waals surface area contributed by atoms with Gasteiger partial charge in [0.15, 0.2) is 0 Å². The summed E-state index contributed by atoms with van der Waals surface area (Å²) in [5.41, 5.74) is 6.73. The van der Waals surface area contributed by atoms with Gasteiger partial charge in [-0.25, -0.2) is 4.98 Å². The molecule has 3 fully saturated rings. The minimum Gasteiger partial charge on any atom is -0.481 e. The third-order valence-corrected chi connectivity index (χ3v) is 13.4. The van der Waals surface area contributed by atoms with E-state index in [0.29, 0.717) is 83.2 Å². The number of Topliss-reactive ketones (excluding diaryl/α,β-unsaturated/α-hetero) is 1. The molecule has 2 heterocycles. The number of aryl methyl sites for hydroxylation is 1. The van der Waals surface area contributed by atoms with Crippen molar-refractivity contribution in [3.8, 4) is 40.0 Å². The smallest absolute Gasteiger partial charge is 0.309 e. The SMILES string of the molecule is COc1nc(-c2cccc(-c3cccc4c3CC[C@@H]4Oc3nc(OC)c(CCC4(C(=O)O)CC5CCC4C5)cc3Cl)c2Cl)ccc1CNC[C@@H]1CCC(=O)C1. The second-order valence-electron chi connectivity index (χ2n) is 15.8. The lowest BCUT2D eigenvalue weighted by Crippen LogP contribution is -2.37. The number of pyridine rings is 2. The van der Waals surface area contributed by atoms with E-state index in [1.807, 2.05) is 42.5 Å². The van der Waals surface area contributed by atoms with Crippen molar-refractivity contribution in [2.24, 2.45) is 23.2 Å². The Balaban J connectivity index is 0.989. The molecule has 0 aliphatic heterocycles. The van der Waals surface area contributed by atoms with E-state index in [1.54, 1.807) is 14.2 Å². The number of carbonyl (C=O) groups excluding carboxylic acids is 1. The van der Waals surface area contributed by atoms with Crippen LogP contribution in [0.2, 0.25) is 10.0 Å². The van der Waals surface area contributed by atoms with Crippen molar-refractivity contribution in [2.75, 3.05) is 20.8 Å². The molecule has 3 unspecified atom stereocenters.